The Morgan fingerprint density at radius 2 is 1.73 bits per heavy atom. The molecule has 0 aromatic carbocycles. The molecule has 0 radical (unpaired) electrons. The van der Waals surface area contributed by atoms with E-state index >= 15 is 0 Å². The summed E-state index contributed by atoms with van der Waals surface area (Å²) in [4.78, 5) is 5.61. The lowest BCUT2D eigenvalue weighted by molar-refractivity contribution is 0.587. The fourth-order valence-electron chi connectivity index (χ4n) is 0.821. The molecule has 0 atom stereocenters. The van der Waals surface area contributed by atoms with Gasteiger partial charge in [0.05, 0.1) is 13.6 Å². The fraction of sp³-hybridized carbons (Fsp3) is 0.727. The highest BCUT2D eigenvalue weighted by molar-refractivity contribution is 8.03. The van der Waals surface area contributed by atoms with Crippen LogP contribution >= 0.6 is 23.4 Å². The van der Waals surface area contributed by atoms with Crippen LogP contribution in [0.4, 0.5) is 0 Å². The summed E-state index contributed by atoms with van der Waals surface area (Å²) in [6.45, 7) is 13.0. The highest BCUT2D eigenvalue weighted by atomic mass is 35.5. The number of aliphatic imine (C=N–C) groups is 1. The van der Waals surface area contributed by atoms with Gasteiger partial charge < -0.3 is 0 Å². The monoisotopic (exact) mass is 263 g/mol. The first-order chi connectivity index (χ1) is 6.58. The van der Waals surface area contributed by atoms with Gasteiger partial charge in [0.1, 0.15) is 0 Å². The minimum absolute atomic E-state index is 0.0302. The molecule has 0 aliphatic carbocycles. The first kappa shape index (κ1) is 15.3. The van der Waals surface area contributed by atoms with Crippen LogP contribution in [0, 0.1) is 0 Å². The van der Waals surface area contributed by atoms with Gasteiger partial charge >= 0.3 is 0 Å². The third-order valence-corrected chi connectivity index (χ3v) is 6.20. The molecule has 0 saturated carbocycles. The van der Waals surface area contributed by atoms with Gasteiger partial charge in [-0.1, -0.05) is 31.2 Å². The van der Waals surface area contributed by atoms with Crippen molar-refractivity contribution in [3.05, 3.63) is 9.56 Å². The maximum atomic E-state index is 6.38. The number of hydrogen-bond donors (Lipinski definition) is 0. The van der Waals surface area contributed by atoms with Gasteiger partial charge in [-0.3, -0.25) is 4.99 Å². The summed E-state index contributed by atoms with van der Waals surface area (Å²) in [7, 11) is -1.41. The topological polar surface area (TPSA) is 12.4 Å². The van der Waals surface area contributed by atoms with Gasteiger partial charge in [-0.2, -0.15) is 0 Å². The second-order valence-corrected chi connectivity index (χ2v) is 12.1. The molecule has 0 N–H and O–H groups in total. The Morgan fingerprint density at radius 3 is 2.00 bits per heavy atom. The third-order valence-electron chi connectivity index (χ3n) is 1.66. The van der Waals surface area contributed by atoms with Crippen LogP contribution in [0.1, 0.15) is 20.8 Å². The first-order valence-corrected chi connectivity index (χ1v) is 10.2. The van der Waals surface area contributed by atoms with E-state index in [-0.39, 0.29) is 5.54 Å². The zero-order chi connectivity index (χ0) is 12.3. The molecule has 1 nitrogen and oxygen atoms in total. The van der Waals surface area contributed by atoms with Crippen molar-refractivity contribution in [1.82, 2.24) is 0 Å². The Labute approximate surface area is 104 Å². The van der Waals surface area contributed by atoms with Crippen LogP contribution < -0.4 is 0 Å². The van der Waals surface area contributed by atoms with Crippen molar-refractivity contribution in [2.24, 2.45) is 4.99 Å². The summed E-state index contributed by atoms with van der Waals surface area (Å²) in [5.74, 6) is 0. The van der Waals surface area contributed by atoms with E-state index in [1.165, 1.54) is 0 Å². The third kappa shape index (κ3) is 6.43. The molecular weight excluding hydrogens is 242 g/mol. The highest BCUT2D eigenvalue weighted by Crippen LogP contribution is 2.27. The van der Waals surface area contributed by atoms with Gasteiger partial charge in [0.15, 0.2) is 0 Å². The molecular formula is C11H22ClNSSi. The average molecular weight is 264 g/mol. The summed E-state index contributed by atoms with van der Waals surface area (Å²) in [6, 6.07) is 0. The van der Waals surface area contributed by atoms with Crippen LogP contribution in [0.15, 0.2) is 14.6 Å². The maximum Gasteiger partial charge on any atom is 0.0938 e. The Balaban J connectivity index is 5.02. The predicted octanol–water partition coefficient (Wildman–Crippen LogP) is 4.55. The van der Waals surface area contributed by atoms with Gasteiger partial charge in [0.25, 0.3) is 0 Å². The molecule has 0 aliphatic heterocycles. The van der Waals surface area contributed by atoms with Crippen molar-refractivity contribution >= 4 is 37.7 Å². The normalized spacial score (nSPS) is 15.7. The largest absolute Gasteiger partial charge is 0.286 e. The van der Waals surface area contributed by atoms with Crippen molar-refractivity contribution in [2.45, 2.75) is 46.0 Å². The van der Waals surface area contributed by atoms with E-state index in [0.29, 0.717) is 0 Å². The Bertz CT molecular complexity index is 271. The standard InChI is InChI=1S/C11H22ClNSSi/c1-11(2,3)13-8-9(14-4)10(12)15(5,6)7/h8H,1-7H3/b10-9-,13-8?. The van der Waals surface area contributed by atoms with Crippen LogP contribution in [-0.4, -0.2) is 26.1 Å². The van der Waals surface area contributed by atoms with E-state index < -0.39 is 8.07 Å². The van der Waals surface area contributed by atoms with Crippen LogP contribution in [-0.2, 0) is 0 Å². The van der Waals surface area contributed by atoms with E-state index in [4.69, 9.17) is 11.6 Å². The van der Waals surface area contributed by atoms with Crippen LogP contribution in [0.5, 0.6) is 0 Å². The Morgan fingerprint density at radius 1 is 1.27 bits per heavy atom. The van der Waals surface area contributed by atoms with E-state index in [9.17, 15) is 0 Å². The lowest BCUT2D eigenvalue weighted by Gasteiger charge is -2.18. The summed E-state index contributed by atoms with van der Waals surface area (Å²) >= 11 is 8.06. The minimum atomic E-state index is -1.41. The van der Waals surface area contributed by atoms with E-state index in [1.54, 1.807) is 11.8 Å². The molecule has 0 unspecified atom stereocenters. The van der Waals surface area contributed by atoms with Gasteiger partial charge in [0, 0.05) is 15.8 Å². The molecule has 0 aromatic rings. The second-order valence-electron chi connectivity index (χ2n) is 5.56. The fourth-order valence-corrected chi connectivity index (χ4v) is 3.47. The van der Waals surface area contributed by atoms with Crippen LogP contribution in [0.3, 0.4) is 0 Å². The molecule has 0 spiro atoms. The quantitative estimate of drug-likeness (QED) is 0.538. The van der Waals surface area contributed by atoms with Crippen LogP contribution in [0.2, 0.25) is 19.6 Å². The van der Waals surface area contributed by atoms with Gasteiger partial charge in [0.2, 0.25) is 0 Å². The summed E-state index contributed by atoms with van der Waals surface area (Å²) < 4.78 is 1.02. The first-order valence-electron chi connectivity index (χ1n) is 5.07. The molecule has 15 heavy (non-hydrogen) atoms. The van der Waals surface area contributed by atoms with Crippen molar-refractivity contribution in [1.29, 1.82) is 0 Å². The summed E-state index contributed by atoms with van der Waals surface area (Å²) in [6.07, 6.45) is 3.97. The molecule has 4 heteroatoms. The molecule has 0 aliphatic rings. The van der Waals surface area contributed by atoms with Gasteiger partial charge in [-0.25, -0.2) is 0 Å². The SMILES string of the molecule is CS/C(C=NC(C)(C)C)=C(/Cl)[Si](C)(C)C. The van der Waals surface area contributed by atoms with Gasteiger partial charge in [-0.05, 0) is 27.0 Å². The number of hydrogen-bond acceptors (Lipinski definition) is 2. The number of allylic oxidation sites excluding steroid dienone is 1. The minimum Gasteiger partial charge on any atom is -0.286 e. The highest BCUT2D eigenvalue weighted by Gasteiger charge is 2.21. The predicted molar refractivity (Wildman–Crippen MR) is 78.0 cm³/mol. The van der Waals surface area contributed by atoms with E-state index in [1.807, 2.05) is 12.5 Å². The molecule has 0 saturated heterocycles. The molecule has 0 amide bonds. The Kier molecular flexibility index (Phi) is 5.65. The zero-order valence-corrected chi connectivity index (χ0v) is 13.4. The molecule has 0 heterocycles. The Hall–Kier alpha value is 0.267. The number of nitrogens with zero attached hydrogens (tertiary/aromatic N) is 1. The molecule has 0 bridgehead atoms. The molecule has 88 valence electrons. The lowest BCUT2D eigenvalue weighted by Crippen LogP contribution is -2.22. The summed E-state index contributed by atoms with van der Waals surface area (Å²) in [5, 5.41) is 0. The van der Waals surface area contributed by atoms with Gasteiger partial charge in [-0.15, -0.1) is 11.8 Å². The van der Waals surface area contributed by atoms with Crippen molar-refractivity contribution in [2.75, 3.05) is 6.26 Å². The number of halogens is 1. The number of rotatable bonds is 3. The molecule has 0 rings (SSSR count). The van der Waals surface area contributed by atoms with E-state index in [2.05, 4.69) is 45.4 Å². The van der Waals surface area contributed by atoms with Crippen molar-refractivity contribution in [3.8, 4) is 0 Å². The average Bonchev–Trinajstić information content (AvgIpc) is 2.01. The van der Waals surface area contributed by atoms with E-state index in [0.717, 1.165) is 9.56 Å². The lowest BCUT2D eigenvalue weighted by atomic mass is 10.1. The zero-order valence-electron chi connectivity index (χ0n) is 10.8. The van der Waals surface area contributed by atoms with Crippen LogP contribution in [0.25, 0.3) is 0 Å². The van der Waals surface area contributed by atoms with Crippen molar-refractivity contribution in [3.63, 3.8) is 0 Å². The maximum absolute atomic E-state index is 6.38. The van der Waals surface area contributed by atoms with Crippen molar-refractivity contribution < 1.29 is 0 Å². The number of thioether (sulfide) groups is 1. The molecule has 0 aromatic heterocycles. The molecule has 0 fully saturated rings. The summed E-state index contributed by atoms with van der Waals surface area (Å²) in [5.41, 5.74) is -0.0302. The second kappa shape index (κ2) is 5.55. The smallest absolute Gasteiger partial charge is 0.0938 e.